The van der Waals surface area contributed by atoms with Crippen LogP contribution in [0.25, 0.3) is 22.0 Å². The molecule has 3 rings (SSSR count). The smallest absolute Gasteiger partial charge is 0.355 e. The predicted molar refractivity (Wildman–Crippen MR) is 71.9 cm³/mol. The zero-order valence-electron chi connectivity index (χ0n) is 9.95. The molecule has 92 valence electrons. The van der Waals surface area contributed by atoms with Crippen LogP contribution in [-0.2, 0) is 0 Å². The number of aromatic nitrogens is 2. The average molecular weight is 250 g/mol. The van der Waals surface area contributed by atoms with E-state index in [9.17, 15) is 4.79 Å². The molecule has 0 bridgehead atoms. The highest BCUT2D eigenvalue weighted by atomic mass is 16.4. The zero-order chi connectivity index (χ0) is 13.2. The van der Waals surface area contributed by atoms with Crippen LogP contribution in [0.3, 0.4) is 0 Å². The SMILES string of the molecule is O=C(O)c1ncccc1-c1cnc2ccccc2c1. The van der Waals surface area contributed by atoms with Crippen LogP contribution >= 0.6 is 0 Å². The van der Waals surface area contributed by atoms with Crippen molar-refractivity contribution in [1.82, 2.24) is 9.97 Å². The van der Waals surface area contributed by atoms with Gasteiger partial charge >= 0.3 is 5.97 Å². The lowest BCUT2D eigenvalue weighted by molar-refractivity contribution is 0.0691. The molecule has 3 aromatic rings. The summed E-state index contributed by atoms with van der Waals surface area (Å²) in [4.78, 5) is 19.4. The maximum atomic E-state index is 11.2. The maximum Gasteiger partial charge on any atom is 0.355 e. The number of para-hydroxylation sites is 1. The Hall–Kier alpha value is -2.75. The van der Waals surface area contributed by atoms with E-state index >= 15 is 0 Å². The van der Waals surface area contributed by atoms with Gasteiger partial charge in [0.2, 0.25) is 0 Å². The first-order valence-electron chi connectivity index (χ1n) is 5.79. The summed E-state index contributed by atoms with van der Waals surface area (Å²) in [7, 11) is 0. The van der Waals surface area contributed by atoms with Gasteiger partial charge in [-0.25, -0.2) is 9.78 Å². The molecule has 4 nitrogen and oxygen atoms in total. The fraction of sp³-hybridized carbons (Fsp3) is 0. The molecule has 0 aliphatic rings. The third-order valence-corrected chi connectivity index (χ3v) is 2.91. The van der Waals surface area contributed by atoms with Crippen LogP contribution < -0.4 is 0 Å². The third-order valence-electron chi connectivity index (χ3n) is 2.91. The van der Waals surface area contributed by atoms with Crippen molar-refractivity contribution in [2.24, 2.45) is 0 Å². The molecule has 0 fully saturated rings. The summed E-state index contributed by atoms with van der Waals surface area (Å²) in [5.41, 5.74) is 2.25. The van der Waals surface area contributed by atoms with Gasteiger partial charge in [0.15, 0.2) is 5.69 Å². The summed E-state index contributed by atoms with van der Waals surface area (Å²) < 4.78 is 0. The molecule has 0 aliphatic heterocycles. The minimum Gasteiger partial charge on any atom is -0.476 e. The number of carboxylic acids is 1. The van der Waals surface area contributed by atoms with Gasteiger partial charge in [0.1, 0.15) is 0 Å². The number of hydrogen-bond donors (Lipinski definition) is 1. The van der Waals surface area contributed by atoms with Crippen LogP contribution in [-0.4, -0.2) is 21.0 Å². The van der Waals surface area contributed by atoms with E-state index in [0.29, 0.717) is 5.56 Å². The molecule has 0 spiro atoms. The molecule has 4 heteroatoms. The summed E-state index contributed by atoms with van der Waals surface area (Å²) in [6.45, 7) is 0. The van der Waals surface area contributed by atoms with Gasteiger partial charge in [-0.05, 0) is 18.2 Å². The van der Waals surface area contributed by atoms with Crippen LogP contribution in [0.15, 0.2) is 54.9 Å². The van der Waals surface area contributed by atoms with Crippen LogP contribution in [0.1, 0.15) is 10.5 Å². The second-order valence-corrected chi connectivity index (χ2v) is 4.12. The molecule has 19 heavy (non-hydrogen) atoms. The quantitative estimate of drug-likeness (QED) is 0.759. The second-order valence-electron chi connectivity index (χ2n) is 4.12. The largest absolute Gasteiger partial charge is 0.476 e. The topological polar surface area (TPSA) is 63.1 Å². The molecular formula is C15H10N2O2. The monoisotopic (exact) mass is 250 g/mol. The van der Waals surface area contributed by atoms with Crippen molar-refractivity contribution < 1.29 is 9.90 Å². The minimum atomic E-state index is -1.04. The van der Waals surface area contributed by atoms with E-state index in [0.717, 1.165) is 16.5 Å². The predicted octanol–water partition coefficient (Wildman–Crippen LogP) is 3.00. The summed E-state index contributed by atoms with van der Waals surface area (Å²) in [6, 6.07) is 13.1. The second kappa shape index (κ2) is 4.49. The molecular weight excluding hydrogens is 240 g/mol. The molecule has 1 aromatic carbocycles. The first-order valence-corrected chi connectivity index (χ1v) is 5.79. The van der Waals surface area contributed by atoms with Crippen molar-refractivity contribution >= 4 is 16.9 Å². The summed E-state index contributed by atoms with van der Waals surface area (Å²) in [6.07, 6.45) is 3.15. The number of fused-ring (bicyclic) bond motifs is 1. The molecule has 2 heterocycles. The average Bonchev–Trinajstić information content (AvgIpc) is 2.46. The van der Waals surface area contributed by atoms with E-state index in [2.05, 4.69) is 9.97 Å². The lowest BCUT2D eigenvalue weighted by Crippen LogP contribution is -2.02. The Kier molecular flexibility index (Phi) is 2.68. The molecule has 1 N–H and O–H groups in total. The molecule has 2 aromatic heterocycles. The fourth-order valence-electron chi connectivity index (χ4n) is 2.03. The fourth-order valence-corrected chi connectivity index (χ4v) is 2.03. The van der Waals surface area contributed by atoms with Gasteiger partial charge in [0.25, 0.3) is 0 Å². The Bertz CT molecular complexity index is 769. The van der Waals surface area contributed by atoms with Gasteiger partial charge in [-0.3, -0.25) is 4.98 Å². The van der Waals surface area contributed by atoms with E-state index in [4.69, 9.17) is 5.11 Å². The highest BCUT2D eigenvalue weighted by Crippen LogP contribution is 2.24. The van der Waals surface area contributed by atoms with Crippen molar-refractivity contribution in [2.75, 3.05) is 0 Å². The Labute approximate surface area is 109 Å². The van der Waals surface area contributed by atoms with Gasteiger partial charge < -0.3 is 5.11 Å². The van der Waals surface area contributed by atoms with Crippen LogP contribution in [0.4, 0.5) is 0 Å². The van der Waals surface area contributed by atoms with Gasteiger partial charge in [-0.15, -0.1) is 0 Å². The van der Waals surface area contributed by atoms with Gasteiger partial charge in [0, 0.05) is 28.9 Å². The Balaban J connectivity index is 2.22. The summed E-state index contributed by atoms with van der Waals surface area (Å²) in [5, 5.41) is 10.1. The van der Waals surface area contributed by atoms with Crippen molar-refractivity contribution in [1.29, 1.82) is 0 Å². The molecule has 0 amide bonds. The van der Waals surface area contributed by atoms with Crippen molar-refractivity contribution in [3.8, 4) is 11.1 Å². The highest BCUT2D eigenvalue weighted by molar-refractivity contribution is 5.95. The number of rotatable bonds is 2. The lowest BCUT2D eigenvalue weighted by Gasteiger charge is -2.06. The Morgan fingerprint density at radius 2 is 1.89 bits per heavy atom. The van der Waals surface area contributed by atoms with E-state index in [1.165, 1.54) is 6.20 Å². The lowest BCUT2D eigenvalue weighted by atomic mass is 10.0. The van der Waals surface area contributed by atoms with Crippen LogP contribution in [0.2, 0.25) is 0 Å². The Morgan fingerprint density at radius 3 is 2.74 bits per heavy atom. The molecule has 0 unspecified atom stereocenters. The first kappa shape index (κ1) is 11.3. The van der Waals surface area contributed by atoms with Crippen LogP contribution in [0.5, 0.6) is 0 Å². The van der Waals surface area contributed by atoms with E-state index < -0.39 is 5.97 Å². The normalized spacial score (nSPS) is 10.5. The van der Waals surface area contributed by atoms with Crippen molar-refractivity contribution in [2.45, 2.75) is 0 Å². The number of nitrogens with zero attached hydrogens (tertiary/aromatic N) is 2. The van der Waals surface area contributed by atoms with E-state index in [1.807, 2.05) is 30.3 Å². The first-order chi connectivity index (χ1) is 9.25. The standard InChI is InChI=1S/C15H10N2O2/c18-15(19)14-12(5-3-7-16-14)11-8-10-4-1-2-6-13(10)17-9-11/h1-9H,(H,18,19). The van der Waals surface area contributed by atoms with Crippen molar-refractivity contribution in [3.05, 3.63) is 60.6 Å². The van der Waals surface area contributed by atoms with Crippen LogP contribution in [0, 0.1) is 0 Å². The molecule has 0 saturated carbocycles. The Morgan fingerprint density at radius 1 is 1.05 bits per heavy atom. The van der Waals surface area contributed by atoms with Gasteiger partial charge in [-0.1, -0.05) is 24.3 Å². The number of benzene rings is 1. The molecule has 0 radical (unpaired) electrons. The zero-order valence-corrected chi connectivity index (χ0v) is 9.95. The third kappa shape index (κ3) is 2.04. The molecule has 0 atom stereocenters. The summed E-state index contributed by atoms with van der Waals surface area (Å²) in [5.74, 6) is -1.04. The number of carboxylic acid groups (broad SMARTS) is 1. The number of hydrogen-bond acceptors (Lipinski definition) is 3. The van der Waals surface area contributed by atoms with E-state index in [1.54, 1.807) is 18.3 Å². The molecule has 0 saturated heterocycles. The summed E-state index contributed by atoms with van der Waals surface area (Å²) >= 11 is 0. The number of aromatic carboxylic acids is 1. The number of carbonyl (C=O) groups is 1. The molecule has 0 aliphatic carbocycles. The maximum absolute atomic E-state index is 11.2. The number of pyridine rings is 2. The minimum absolute atomic E-state index is 0.0413. The van der Waals surface area contributed by atoms with Gasteiger partial charge in [0.05, 0.1) is 5.52 Å². The van der Waals surface area contributed by atoms with E-state index in [-0.39, 0.29) is 5.69 Å². The highest BCUT2D eigenvalue weighted by Gasteiger charge is 2.13. The van der Waals surface area contributed by atoms with Gasteiger partial charge in [-0.2, -0.15) is 0 Å². The van der Waals surface area contributed by atoms with Crippen molar-refractivity contribution in [3.63, 3.8) is 0 Å².